The molecular weight excluding hydrogens is 352 g/mol. The van der Waals surface area contributed by atoms with E-state index in [0.29, 0.717) is 17.1 Å². The number of nitrogens with one attached hydrogen (secondary N) is 1. The van der Waals surface area contributed by atoms with E-state index in [1.165, 1.54) is 7.05 Å². The van der Waals surface area contributed by atoms with Gasteiger partial charge in [0.2, 0.25) is 10.0 Å². The van der Waals surface area contributed by atoms with Crippen molar-refractivity contribution in [2.24, 2.45) is 0 Å². The van der Waals surface area contributed by atoms with Crippen molar-refractivity contribution >= 4 is 27.3 Å². The molecule has 0 saturated heterocycles. The molecule has 0 saturated carbocycles. The predicted octanol–water partition coefficient (Wildman–Crippen LogP) is 3.05. The summed E-state index contributed by atoms with van der Waals surface area (Å²) in [5, 5.41) is 2.76. The Balaban J connectivity index is 2.10. The van der Waals surface area contributed by atoms with E-state index in [4.69, 9.17) is 4.74 Å². The Morgan fingerprint density at radius 3 is 2.54 bits per heavy atom. The molecule has 140 valence electrons. The minimum atomic E-state index is -3.37. The number of carbonyl (C=O) groups excluding carboxylic acids is 1. The number of anilines is 2. The van der Waals surface area contributed by atoms with Crippen LogP contribution < -0.4 is 14.4 Å². The molecule has 2 rings (SSSR count). The highest BCUT2D eigenvalue weighted by molar-refractivity contribution is 7.92. The van der Waals surface area contributed by atoms with Crippen molar-refractivity contribution in [1.29, 1.82) is 0 Å². The van der Waals surface area contributed by atoms with E-state index in [1.54, 1.807) is 31.2 Å². The molecule has 1 N–H and O–H groups in total. The number of benzene rings is 2. The van der Waals surface area contributed by atoms with Crippen molar-refractivity contribution in [2.45, 2.75) is 26.4 Å². The minimum absolute atomic E-state index is 0.310. The van der Waals surface area contributed by atoms with E-state index in [2.05, 4.69) is 5.32 Å². The van der Waals surface area contributed by atoms with Crippen molar-refractivity contribution < 1.29 is 17.9 Å². The standard InChI is InChI=1S/C19H24N2O4S/c1-5-15-9-6-7-12-18(15)25-14(2)19(22)20-16-10-8-11-17(13-16)21(3)26(4,23)24/h6-14H,5H2,1-4H3,(H,20,22)/t14-/m0/s1. The van der Waals surface area contributed by atoms with Crippen LogP contribution in [0.1, 0.15) is 19.4 Å². The first kappa shape index (κ1) is 19.8. The maximum absolute atomic E-state index is 12.4. The number of carbonyl (C=O) groups is 1. The number of hydrogen-bond acceptors (Lipinski definition) is 4. The summed E-state index contributed by atoms with van der Waals surface area (Å²) in [7, 11) is -1.91. The van der Waals surface area contributed by atoms with Crippen LogP contribution in [0, 0.1) is 0 Å². The molecule has 0 aliphatic heterocycles. The summed E-state index contributed by atoms with van der Waals surface area (Å²) in [4.78, 5) is 12.4. The van der Waals surface area contributed by atoms with Crippen LogP contribution in [0.4, 0.5) is 11.4 Å². The summed E-state index contributed by atoms with van der Waals surface area (Å²) in [6.07, 6.45) is 1.24. The lowest BCUT2D eigenvalue weighted by molar-refractivity contribution is -0.122. The van der Waals surface area contributed by atoms with E-state index in [0.717, 1.165) is 22.5 Å². The first-order valence-electron chi connectivity index (χ1n) is 8.31. The number of nitrogens with zero attached hydrogens (tertiary/aromatic N) is 1. The fourth-order valence-electron chi connectivity index (χ4n) is 2.37. The third kappa shape index (κ3) is 4.98. The van der Waals surface area contributed by atoms with Gasteiger partial charge in [-0.3, -0.25) is 9.10 Å². The lowest BCUT2D eigenvalue weighted by Crippen LogP contribution is -2.30. The monoisotopic (exact) mass is 376 g/mol. The van der Waals surface area contributed by atoms with Gasteiger partial charge in [0.1, 0.15) is 5.75 Å². The second-order valence-electron chi connectivity index (χ2n) is 5.99. The van der Waals surface area contributed by atoms with E-state index in [9.17, 15) is 13.2 Å². The Kier molecular flexibility index (Phi) is 6.26. The van der Waals surface area contributed by atoms with Gasteiger partial charge in [-0.25, -0.2) is 8.42 Å². The van der Waals surface area contributed by atoms with Gasteiger partial charge >= 0.3 is 0 Å². The highest BCUT2D eigenvalue weighted by Gasteiger charge is 2.17. The third-order valence-electron chi connectivity index (χ3n) is 4.00. The molecule has 0 aromatic heterocycles. The Labute approximate surface area is 154 Å². The smallest absolute Gasteiger partial charge is 0.265 e. The average Bonchev–Trinajstić information content (AvgIpc) is 2.60. The molecule has 0 aliphatic rings. The van der Waals surface area contributed by atoms with Gasteiger partial charge in [0.05, 0.1) is 11.9 Å². The highest BCUT2D eigenvalue weighted by Crippen LogP contribution is 2.22. The van der Waals surface area contributed by atoms with Crippen molar-refractivity contribution in [1.82, 2.24) is 0 Å². The number of rotatable bonds is 7. The fourth-order valence-corrected chi connectivity index (χ4v) is 2.87. The number of sulfonamides is 1. The van der Waals surface area contributed by atoms with Gasteiger partial charge in [-0.15, -0.1) is 0 Å². The van der Waals surface area contributed by atoms with Gasteiger partial charge < -0.3 is 10.1 Å². The molecule has 0 unspecified atom stereocenters. The lowest BCUT2D eigenvalue weighted by Gasteiger charge is -2.19. The zero-order chi connectivity index (χ0) is 19.3. The van der Waals surface area contributed by atoms with Crippen LogP contribution in [0.2, 0.25) is 0 Å². The quantitative estimate of drug-likeness (QED) is 0.806. The molecule has 2 aromatic rings. The van der Waals surface area contributed by atoms with Gasteiger partial charge in [-0.05, 0) is 43.2 Å². The molecule has 6 nitrogen and oxygen atoms in total. The molecule has 7 heteroatoms. The van der Waals surface area contributed by atoms with Gasteiger partial charge in [-0.1, -0.05) is 31.2 Å². The number of hydrogen-bond donors (Lipinski definition) is 1. The van der Waals surface area contributed by atoms with Crippen molar-refractivity contribution in [2.75, 3.05) is 22.9 Å². The van der Waals surface area contributed by atoms with Crippen LogP contribution in [0.25, 0.3) is 0 Å². The molecule has 26 heavy (non-hydrogen) atoms. The normalized spacial score (nSPS) is 12.3. The van der Waals surface area contributed by atoms with Crippen LogP contribution in [-0.4, -0.2) is 33.7 Å². The van der Waals surface area contributed by atoms with Crippen LogP contribution in [-0.2, 0) is 21.2 Å². The number of amides is 1. The topological polar surface area (TPSA) is 75.7 Å². The zero-order valence-corrected chi connectivity index (χ0v) is 16.2. The second kappa shape index (κ2) is 8.23. The molecule has 2 aromatic carbocycles. The summed E-state index contributed by atoms with van der Waals surface area (Å²) in [6, 6.07) is 14.2. The summed E-state index contributed by atoms with van der Waals surface area (Å²) in [5.74, 6) is 0.373. The molecule has 0 spiro atoms. The lowest BCUT2D eigenvalue weighted by atomic mass is 10.1. The zero-order valence-electron chi connectivity index (χ0n) is 15.4. The van der Waals surface area contributed by atoms with Crippen molar-refractivity contribution in [3.8, 4) is 5.75 Å². The molecule has 1 atom stereocenters. The van der Waals surface area contributed by atoms with E-state index < -0.39 is 16.1 Å². The minimum Gasteiger partial charge on any atom is -0.481 e. The van der Waals surface area contributed by atoms with Crippen LogP contribution in [0.5, 0.6) is 5.75 Å². The Morgan fingerprint density at radius 2 is 1.88 bits per heavy atom. The predicted molar refractivity (Wildman–Crippen MR) is 104 cm³/mol. The van der Waals surface area contributed by atoms with Crippen LogP contribution >= 0.6 is 0 Å². The largest absolute Gasteiger partial charge is 0.481 e. The molecule has 1 amide bonds. The summed E-state index contributed by atoms with van der Waals surface area (Å²) >= 11 is 0. The maximum atomic E-state index is 12.4. The third-order valence-corrected chi connectivity index (χ3v) is 5.21. The SMILES string of the molecule is CCc1ccccc1O[C@@H](C)C(=O)Nc1cccc(N(C)S(C)(=O)=O)c1. The molecule has 0 aliphatic carbocycles. The van der Waals surface area contributed by atoms with Gasteiger partial charge in [0, 0.05) is 12.7 Å². The maximum Gasteiger partial charge on any atom is 0.265 e. The van der Waals surface area contributed by atoms with Crippen molar-refractivity contribution in [3.63, 3.8) is 0 Å². The molecule has 0 radical (unpaired) electrons. The summed E-state index contributed by atoms with van der Waals surface area (Å²) in [6.45, 7) is 3.70. The Hall–Kier alpha value is -2.54. The Morgan fingerprint density at radius 1 is 1.19 bits per heavy atom. The van der Waals surface area contributed by atoms with Crippen LogP contribution in [0.3, 0.4) is 0 Å². The average molecular weight is 376 g/mol. The molecule has 0 bridgehead atoms. The van der Waals surface area contributed by atoms with E-state index in [-0.39, 0.29) is 5.91 Å². The van der Waals surface area contributed by atoms with Gasteiger partial charge in [0.15, 0.2) is 6.10 Å². The molecule has 0 fully saturated rings. The fraction of sp³-hybridized carbons (Fsp3) is 0.316. The number of aryl methyl sites for hydroxylation is 1. The number of ether oxygens (including phenoxy) is 1. The molecular formula is C19H24N2O4S. The summed E-state index contributed by atoms with van der Waals surface area (Å²) in [5.41, 5.74) is 2.00. The number of para-hydroxylation sites is 1. The first-order valence-corrected chi connectivity index (χ1v) is 10.2. The van der Waals surface area contributed by atoms with E-state index in [1.807, 2.05) is 31.2 Å². The molecule has 0 heterocycles. The van der Waals surface area contributed by atoms with Crippen LogP contribution in [0.15, 0.2) is 48.5 Å². The Bertz CT molecular complexity index is 881. The first-order chi connectivity index (χ1) is 12.2. The van der Waals surface area contributed by atoms with Gasteiger partial charge in [0.25, 0.3) is 5.91 Å². The van der Waals surface area contributed by atoms with E-state index >= 15 is 0 Å². The highest BCUT2D eigenvalue weighted by atomic mass is 32.2. The van der Waals surface area contributed by atoms with Crippen molar-refractivity contribution in [3.05, 3.63) is 54.1 Å². The summed E-state index contributed by atoms with van der Waals surface area (Å²) < 4.78 is 30.2. The second-order valence-corrected chi connectivity index (χ2v) is 8.01. The van der Waals surface area contributed by atoms with Gasteiger partial charge in [-0.2, -0.15) is 0 Å².